The second-order valence-electron chi connectivity index (χ2n) is 10.4. The Labute approximate surface area is 243 Å². The van der Waals surface area contributed by atoms with E-state index in [2.05, 4.69) is 14.7 Å². The quantitative estimate of drug-likeness (QED) is 0.341. The third kappa shape index (κ3) is 5.36. The molecule has 2 saturated heterocycles. The Morgan fingerprint density at radius 3 is 2.43 bits per heavy atom. The number of nitrogen functional groups attached to an aromatic ring is 1. The lowest BCUT2D eigenvalue weighted by Crippen LogP contribution is -2.47. The predicted octanol–water partition coefficient (Wildman–Crippen LogP) is 3.98. The number of ether oxygens (including phenoxy) is 3. The van der Waals surface area contributed by atoms with Crippen molar-refractivity contribution in [2.75, 3.05) is 43.9 Å². The number of hydrogen-bond donors (Lipinski definition) is 2. The fourth-order valence-corrected chi connectivity index (χ4v) is 6.52. The topological polar surface area (TPSA) is 146 Å². The van der Waals surface area contributed by atoms with Crippen molar-refractivity contribution < 1.29 is 27.4 Å². The maximum atomic E-state index is 13.4. The molecule has 0 unspecified atom stereocenters. The molecular formula is C30H31N5O6S. The summed E-state index contributed by atoms with van der Waals surface area (Å²) in [4.78, 5) is 23.8. The summed E-state index contributed by atoms with van der Waals surface area (Å²) in [5.41, 5.74) is 9.80. The number of hydrogen-bond acceptors (Lipinski definition) is 9. The molecule has 3 N–H and O–H groups in total. The number of likely N-dealkylation sites (tertiary alicyclic amines) is 1. The van der Waals surface area contributed by atoms with Gasteiger partial charge in [-0.25, -0.2) is 18.4 Å². The number of nitrogens with one attached hydrogen (secondary N) is 1. The lowest BCUT2D eigenvalue weighted by molar-refractivity contribution is -0.181. The number of aromatic nitrogens is 2. The highest BCUT2D eigenvalue weighted by Gasteiger charge is 2.41. The standard InChI is InChI=1S/C30H31N5O6S/c1-19-3-6-23(7-4-19)34-42(37,38)26-17-22(18-32-28(26)39-2)20-5-8-25-21(15-20)16-24(27(31)33-25)29(36)35-11-9-30(10-12-35)40-13-14-41-30/h3-8,15-18,34H,9-14H2,1-2H3,(H2,31,33). The zero-order valence-electron chi connectivity index (χ0n) is 23.3. The van der Waals surface area contributed by atoms with Crippen LogP contribution in [0.25, 0.3) is 22.0 Å². The summed E-state index contributed by atoms with van der Waals surface area (Å²) < 4.78 is 46.1. The molecule has 0 aliphatic carbocycles. The van der Waals surface area contributed by atoms with Crippen LogP contribution < -0.4 is 15.2 Å². The SMILES string of the molecule is COc1ncc(-c2ccc3nc(N)c(C(=O)N4CCC5(CC4)OCCO5)cc3c2)cc1S(=O)(=O)Nc1ccc(C)cc1. The molecule has 2 aliphatic heterocycles. The van der Waals surface area contributed by atoms with E-state index in [1.807, 2.05) is 25.1 Å². The fraction of sp³-hybridized carbons (Fsp3) is 0.300. The van der Waals surface area contributed by atoms with Crippen molar-refractivity contribution in [2.45, 2.75) is 30.4 Å². The van der Waals surface area contributed by atoms with Crippen molar-refractivity contribution in [2.24, 2.45) is 0 Å². The van der Waals surface area contributed by atoms with E-state index in [1.54, 1.807) is 41.4 Å². The van der Waals surface area contributed by atoms with E-state index < -0.39 is 15.8 Å². The minimum atomic E-state index is -4.02. The van der Waals surface area contributed by atoms with E-state index in [9.17, 15) is 13.2 Å². The van der Waals surface area contributed by atoms with Crippen molar-refractivity contribution in [3.63, 3.8) is 0 Å². The number of benzene rings is 2. The summed E-state index contributed by atoms with van der Waals surface area (Å²) in [6.07, 6.45) is 2.73. The van der Waals surface area contributed by atoms with E-state index in [0.717, 1.165) is 5.56 Å². The highest BCUT2D eigenvalue weighted by atomic mass is 32.2. The van der Waals surface area contributed by atoms with Crippen LogP contribution in [0.2, 0.25) is 0 Å². The molecule has 0 atom stereocenters. The molecule has 42 heavy (non-hydrogen) atoms. The smallest absolute Gasteiger partial charge is 0.267 e. The monoisotopic (exact) mass is 589 g/mol. The molecule has 4 heterocycles. The molecule has 2 aromatic carbocycles. The lowest BCUT2D eigenvalue weighted by Gasteiger charge is -2.37. The molecule has 0 bridgehead atoms. The van der Waals surface area contributed by atoms with Crippen molar-refractivity contribution in [3.8, 4) is 17.0 Å². The van der Waals surface area contributed by atoms with Crippen LogP contribution in [-0.4, -0.2) is 68.4 Å². The molecule has 2 aliphatic rings. The van der Waals surface area contributed by atoms with Gasteiger partial charge in [0.25, 0.3) is 15.9 Å². The highest BCUT2D eigenvalue weighted by Crippen LogP contribution is 2.34. The number of aryl methyl sites for hydroxylation is 1. The number of nitrogens with zero attached hydrogens (tertiary/aromatic N) is 3. The van der Waals surface area contributed by atoms with Crippen molar-refractivity contribution in [1.82, 2.24) is 14.9 Å². The number of methoxy groups -OCH3 is 1. The summed E-state index contributed by atoms with van der Waals surface area (Å²) in [6, 6.07) is 15.7. The Bertz CT molecular complexity index is 1760. The van der Waals surface area contributed by atoms with Crippen LogP contribution in [-0.2, 0) is 19.5 Å². The van der Waals surface area contributed by atoms with Crippen LogP contribution >= 0.6 is 0 Å². The van der Waals surface area contributed by atoms with Gasteiger partial charge in [0.05, 0.1) is 31.4 Å². The first-order valence-electron chi connectivity index (χ1n) is 13.6. The van der Waals surface area contributed by atoms with Gasteiger partial charge in [0.15, 0.2) is 5.79 Å². The molecule has 4 aromatic rings. The number of sulfonamides is 1. The Kier molecular flexibility index (Phi) is 7.21. The average Bonchev–Trinajstić information content (AvgIpc) is 3.45. The van der Waals surface area contributed by atoms with Crippen molar-refractivity contribution >= 4 is 38.3 Å². The summed E-state index contributed by atoms with van der Waals surface area (Å²) in [6.45, 7) is 4.03. The number of pyridine rings is 2. The molecule has 218 valence electrons. The predicted molar refractivity (Wildman–Crippen MR) is 158 cm³/mol. The van der Waals surface area contributed by atoms with Gasteiger partial charge in [0, 0.05) is 48.8 Å². The molecule has 6 rings (SSSR count). The number of anilines is 2. The largest absolute Gasteiger partial charge is 0.480 e. The molecule has 1 amide bonds. The Morgan fingerprint density at radius 2 is 1.74 bits per heavy atom. The second kappa shape index (κ2) is 10.9. The Balaban J connectivity index is 1.30. The first-order valence-corrected chi connectivity index (χ1v) is 15.1. The van der Waals surface area contributed by atoms with E-state index in [-0.39, 0.29) is 22.5 Å². The number of nitrogens with two attached hydrogens (primary N) is 1. The molecule has 2 fully saturated rings. The van der Waals surface area contributed by atoms with E-state index >= 15 is 0 Å². The maximum Gasteiger partial charge on any atom is 0.267 e. The lowest BCUT2D eigenvalue weighted by atomic mass is 10.0. The van der Waals surface area contributed by atoms with Gasteiger partial charge in [-0.2, -0.15) is 0 Å². The Hall–Kier alpha value is -4.26. The average molecular weight is 590 g/mol. The van der Waals surface area contributed by atoms with Gasteiger partial charge in [0.1, 0.15) is 10.7 Å². The van der Waals surface area contributed by atoms with E-state index in [4.69, 9.17) is 19.9 Å². The maximum absolute atomic E-state index is 13.4. The highest BCUT2D eigenvalue weighted by molar-refractivity contribution is 7.92. The molecule has 0 saturated carbocycles. The third-order valence-electron chi connectivity index (χ3n) is 7.64. The fourth-order valence-electron chi connectivity index (χ4n) is 5.32. The third-order valence-corrected chi connectivity index (χ3v) is 9.01. The molecular weight excluding hydrogens is 558 g/mol. The summed E-state index contributed by atoms with van der Waals surface area (Å²) in [5.74, 6) is -0.677. The summed E-state index contributed by atoms with van der Waals surface area (Å²) >= 11 is 0. The molecule has 1 spiro atoms. The summed E-state index contributed by atoms with van der Waals surface area (Å²) in [7, 11) is -2.65. The van der Waals surface area contributed by atoms with Gasteiger partial charge >= 0.3 is 0 Å². The minimum Gasteiger partial charge on any atom is -0.480 e. The van der Waals surface area contributed by atoms with Crippen LogP contribution in [0, 0.1) is 6.92 Å². The van der Waals surface area contributed by atoms with Crippen molar-refractivity contribution in [3.05, 3.63) is 71.9 Å². The second-order valence-corrected chi connectivity index (χ2v) is 12.1. The molecule has 0 radical (unpaired) electrons. The number of amides is 1. The number of rotatable bonds is 6. The minimum absolute atomic E-state index is 0.0295. The molecule has 12 heteroatoms. The van der Waals surface area contributed by atoms with Gasteiger partial charge < -0.3 is 24.8 Å². The van der Waals surface area contributed by atoms with Crippen LogP contribution in [0.3, 0.4) is 0 Å². The van der Waals surface area contributed by atoms with Gasteiger partial charge in [-0.15, -0.1) is 0 Å². The Morgan fingerprint density at radius 1 is 1.02 bits per heavy atom. The summed E-state index contributed by atoms with van der Waals surface area (Å²) in [5, 5.41) is 0.680. The van der Waals surface area contributed by atoms with E-state index in [1.165, 1.54) is 13.2 Å². The van der Waals surface area contributed by atoms with Gasteiger partial charge in [0.2, 0.25) is 5.88 Å². The molecule has 11 nitrogen and oxygen atoms in total. The van der Waals surface area contributed by atoms with Gasteiger partial charge in [-0.3, -0.25) is 9.52 Å². The van der Waals surface area contributed by atoms with Crippen LogP contribution in [0.15, 0.2) is 65.7 Å². The van der Waals surface area contributed by atoms with Gasteiger partial charge in [-0.1, -0.05) is 23.8 Å². The first-order chi connectivity index (χ1) is 20.2. The number of piperidine rings is 1. The zero-order chi connectivity index (χ0) is 29.5. The van der Waals surface area contributed by atoms with Crippen molar-refractivity contribution in [1.29, 1.82) is 0 Å². The molecule has 2 aromatic heterocycles. The number of fused-ring (bicyclic) bond motifs is 1. The van der Waals surface area contributed by atoms with Crippen LogP contribution in [0.1, 0.15) is 28.8 Å². The van der Waals surface area contributed by atoms with Gasteiger partial charge in [-0.05, 0) is 48.9 Å². The first kappa shape index (κ1) is 27.9. The zero-order valence-corrected chi connectivity index (χ0v) is 24.1. The van der Waals surface area contributed by atoms with Crippen LogP contribution in [0.4, 0.5) is 11.5 Å². The normalized spacial score (nSPS) is 16.6. The van der Waals surface area contributed by atoms with Crippen LogP contribution in [0.5, 0.6) is 5.88 Å². The number of carbonyl (C=O) groups is 1. The van der Waals surface area contributed by atoms with E-state index in [0.29, 0.717) is 72.4 Å². The number of carbonyl (C=O) groups excluding carboxylic acids is 1.